The Labute approximate surface area is 128 Å². The highest BCUT2D eigenvalue weighted by Crippen LogP contribution is 2.22. The average molecular weight is 295 g/mol. The van der Waals surface area contributed by atoms with Crippen LogP contribution in [0.25, 0.3) is 10.9 Å². The lowest BCUT2D eigenvalue weighted by molar-refractivity contribution is 1.09. The third-order valence-corrected chi connectivity index (χ3v) is 4.36. The normalized spacial score (nSPS) is 10.8. The average Bonchev–Trinajstić information content (AvgIpc) is 2.53. The zero-order chi connectivity index (χ0) is 14.7. The van der Waals surface area contributed by atoms with Crippen molar-refractivity contribution in [3.8, 4) is 0 Å². The van der Waals surface area contributed by atoms with Crippen molar-refractivity contribution in [1.82, 2.24) is 9.97 Å². The van der Waals surface area contributed by atoms with Crippen LogP contribution < -0.4 is 5.32 Å². The largest absolute Gasteiger partial charge is 0.365 e. The molecule has 0 aliphatic rings. The van der Waals surface area contributed by atoms with E-state index in [0.717, 1.165) is 23.3 Å². The maximum absolute atomic E-state index is 4.35. The molecule has 0 aliphatic carbocycles. The van der Waals surface area contributed by atoms with Crippen LogP contribution in [-0.2, 0) is 6.54 Å². The molecule has 1 aromatic heterocycles. The lowest BCUT2D eigenvalue weighted by atomic mass is 10.1. The lowest BCUT2D eigenvalue weighted by Gasteiger charge is -2.10. The fraction of sp³-hybridized carbons (Fsp3) is 0.176. The fourth-order valence-electron chi connectivity index (χ4n) is 2.38. The molecule has 0 bridgehead atoms. The van der Waals surface area contributed by atoms with E-state index in [1.807, 2.05) is 24.3 Å². The summed E-state index contributed by atoms with van der Waals surface area (Å²) in [6.07, 6.45) is 3.71. The molecule has 2 aromatic carbocycles. The topological polar surface area (TPSA) is 37.8 Å². The van der Waals surface area contributed by atoms with Crippen LogP contribution in [0.15, 0.2) is 53.7 Å². The lowest BCUT2D eigenvalue weighted by Crippen LogP contribution is -2.03. The second-order valence-electron chi connectivity index (χ2n) is 4.90. The zero-order valence-corrected chi connectivity index (χ0v) is 12.9. The highest BCUT2D eigenvalue weighted by molar-refractivity contribution is 7.98. The monoisotopic (exact) mass is 295 g/mol. The number of hydrogen-bond donors (Lipinski definition) is 1. The summed E-state index contributed by atoms with van der Waals surface area (Å²) in [5.74, 6) is 0.882. The molecule has 0 amide bonds. The van der Waals surface area contributed by atoms with Crippen molar-refractivity contribution in [2.45, 2.75) is 18.4 Å². The van der Waals surface area contributed by atoms with Gasteiger partial charge >= 0.3 is 0 Å². The SMILES string of the molecule is CSc1ccc(CNc2ncnc3ccccc23)cc1C. The number of benzene rings is 2. The van der Waals surface area contributed by atoms with Crippen molar-refractivity contribution in [2.75, 3.05) is 11.6 Å². The summed E-state index contributed by atoms with van der Waals surface area (Å²) in [6, 6.07) is 14.6. The number of nitrogens with zero attached hydrogens (tertiary/aromatic N) is 2. The Hall–Kier alpha value is -2.07. The number of hydrogen-bond acceptors (Lipinski definition) is 4. The van der Waals surface area contributed by atoms with Crippen molar-refractivity contribution >= 4 is 28.5 Å². The maximum atomic E-state index is 4.35. The molecule has 0 saturated carbocycles. The highest BCUT2D eigenvalue weighted by Gasteiger charge is 2.03. The number of para-hydroxylation sites is 1. The van der Waals surface area contributed by atoms with Crippen LogP contribution in [0.5, 0.6) is 0 Å². The number of anilines is 1. The molecule has 0 spiro atoms. The summed E-state index contributed by atoms with van der Waals surface area (Å²) >= 11 is 1.78. The second kappa shape index (κ2) is 6.14. The molecule has 4 heteroatoms. The van der Waals surface area contributed by atoms with Gasteiger partial charge in [-0.05, 0) is 42.5 Å². The molecule has 106 valence electrons. The Bertz CT molecular complexity index is 766. The number of nitrogens with one attached hydrogen (secondary N) is 1. The van der Waals surface area contributed by atoms with Crippen molar-refractivity contribution < 1.29 is 0 Å². The summed E-state index contributed by atoms with van der Waals surface area (Å²) in [5, 5.41) is 4.46. The molecule has 1 N–H and O–H groups in total. The van der Waals surface area contributed by atoms with Gasteiger partial charge in [-0.3, -0.25) is 0 Å². The van der Waals surface area contributed by atoms with E-state index in [-0.39, 0.29) is 0 Å². The van der Waals surface area contributed by atoms with E-state index < -0.39 is 0 Å². The quantitative estimate of drug-likeness (QED) is 0.729. The van der Waals surface area contributed by atoms with Crippen molar-refractivity contribution in [3.63, 3.8) is 0 Å². The van der Waals surface area contributed by atoms with Gasteiger partial charge in [-0.1, -0.05) is 24.3 Å². The Kier molecular flexibility index (Phi) is 4.06. The molecular weight excluding hydrogens is 278 g/mol. The molecule has 0 fully saturated rings. The van der Waals surface area contributed by atoms with Crippen LogP contribution in [0.3, 0.4) is 0 Å². The zero-order valence-electron chi connectivity index (χ0n) is 12.1. The van der Waals surface area contributed by atoms with E-state index in [2.05, 4.69) is 46.7 Å². The van der Waals surface area contributed by atoms with Crippen LogP contribution >= 0.6 is 11.8 Å². The van der Waals surface area contributed by atoms with Gasteiger partial charge in [0.05, 0.1) is 5.52 Å². The minimum atomic E-state index is 0.760. The fourth-order valence-corrected chi connectivity index (χ4v) is 2.97. The number of thioether (sulfide) groups is 1. The summed E-state index contributed by atoms with van der Waals surface area (Å²) in [4.78, 5) is 9.96. The molecule has 0 radical (unpaired) electrons. The molecule has 0 atom stereocenters. The smallest absolute Gasteiger partial charge is 0.137 e. The van der Waals surface area contributed by atoms with Gasteiger partial charge in [-0.2, -0.15) is 0 Å². The molecule has 0 saturated heterocycles. The van der Waals surface area contributed by atoms with E-state index in [9.17, 15) is 0 Å². The van der Waals surface area contributed by atoms with Gasteiger partial charge < -0.3 is 5.32 Å². The van der Waals surface area contributed by atoms with Crippen LogP contribution in [0.4, 0.5) is 5.82 Å². The van der Waals surface area contributed by atoms with Gasteiger partial charge in [0.25, 0.3) is 0 Å². The first-order valence-corrected chi connectivity index (χ1v) is 8.07. The molecule has 3 nitrogen and oxygen atoms in total. The van der Waals surface area contributed by atoms with Crippen LogP contribution in [0.1, 0.15) is 11.1 Å². The van der Waals surface area contributed by atoms with E-state index in [1.165, 1.54) is 16.0 Å². The standard InChI is InChI=1S/C17H17N3S/c1-12-9-13(7-8-16(12)21-2)10-18-17-14-5-3-4-6-15(14)19-11-20-17/h3-9,11H,10H2,1-2H3,(H,18,19,20). The summed E-state index contributed by atoms with van der Waals surface area (Å²) in [6.45, 7) is 2.91. The van der Waals surface area contributed by atoms with Gasteiger partial charge in [0.15, 0.2) is 0 Å². The van der Waals surface area contributed by atoms with E-state index >= 15 is 0 Å². The molecule has 21 heavy (non-hydrogen) atoms. The predicted octanol–water partition coefficient (Wildman–Crippen LogP) is 4.27. The van der Waals surface area contributed by atoms with Crippen molar-refractivity contribution in [1.29, 1.82) is 0 Å². The maximum Gasteiger partial charge on any atom is 0.137 e. The Morgan fingerprint density at radius 3 is 2.76 bits per heavy atom. The minimum absolute atomic E-state index is 0.760. The van der Waals surface area contributed by atoms with Gasteiger partial charge in [-0.15, -0.1) is 11.8 Å². The van der Waals surface area contributed by atoms with Crippen molar-refractivity contribution in [3.05, 3.63) is 59.9 Å². The van der Waals surface area contributed by atoms with E-state index in [0.29, 0.717) is 0 Å². The van der Waals surface area contributed by atoms with Crippen LogP contribution in [0, 0.1) is 6.92 Å². The second-order valence-corrected chi connectivity index (χ2v) is 5.75. The third-order valence-electron chi connectivity index (χ3n) is 3.46. The summed E-state index contributed by atoms with van der Waals surface area (Å²) in [7, 11) is 0. The van der Waals surface area contributed by atoms with E-state index in [1.54, 1.807) is 18.1 Å². The molecule has 3 rings (SSSR count). The van der Waals surface area contributed by atoms with Crippen LogP contribution in [-0.4, -0.2) is 16.2 Å². The van der Waals surface area contributed by atoms with E-state index in [4.69, 9.17) is 0 Å². The minimum Gasteiger partial charge on any atom is -0.365 e. The molecule has 0 aliphatic heterocycles. The van der Waals surface area contributed by atoms with Gasteiger partial charge in [0.1, 0.15) is 12.1 Å². The molecule has 1 heterocycles. The van der Waals surface area contributed by atoms with Crippen molar-refractivity contribution in [2.24, 2.45) is 0 Å². The van der Waals surface area contributed by atoms with Gasteiger partial charge in [0, 0.05) is 16.8 Å². The van der Waals surface area contributed by atoms with Crippen LogP contribution in [0.2, 0.25) is 0 Å². The highest BCUT2D eigenvalue weighted by atomic mass is 32.2. The van der Waals surface area contributed by atoms with Gasteiger partial charge in [0.2, 0.25) is 0 Å². The first-order chi connectivity index (χ1) is 10.3. The number of rotatable bonds is 4. The number of fused-ring (bicyclic) bond motifs is 1. The number of aromatic nitrogens is 2. The first kappa shape index (κ1) is 13.9. The summed E-state index contributed by atoms with van der Waals surface area (Å²) in [5.41, 5.74) is 3.53. The molecule has 3 aromatic rings. The Morgan fingerprint density at radius 2 is 1.95 bits per heavy atom. The summed E-state index contributed by atoms with van der Waals surface area (Å²) < 4.78 is 0. The first-order valence-electron chi connectivity index (χ1n) is 6.85. The number of aryl methyl sites for hydroxylation is 1. The molecular formula is C17H17N3S. The Morgan fingerprint density at radius 1 is 1.10 bits per heavy atom. The predicted molar refractivity (Wildman–Crippen MR) is 89.8 cm³/mol. The van der Waals surface area contributed by atoms with Gasteiger partial charge in [-0.25, -0.2) is 9.97 Å². The third kappa shape index (κ3) is 3.00. The molecule has 0 unspecified atom stereocenters. The Balaban J connectivity index is 1.82.